The molecule has 0 unspecified atom stereocenters. The van der Waals surface area contributed by atoms with Gasteiger partial charge >= 0.3 is 5.97 Å². The minimum Gasteiger partial charge on any atom is -0.491 e. The lowest BCUT2D eigenvalue weighted by atomic mass is 9.86. The van der Waals surface area contributed by atoms with Crippen LogP contribution in [0.2, 0.25) is 0 Å². The van der Waals surface area contributed by atoms with E-state index in [1.165, 1.54) is 30.6 Å². The summed E-state index contributed by atoms with van der Waals surface area (Å²) in [5, 5.41) is 9.13. The molecule has 1 heterocycles. The Bertz CT molecular complexity index is 405. The number of aromatic carboxylic acids is 1. The monoisotopic (exact) mass is 254 g/mol. The van der Waals surface area contributed by atoms with Gasteiger partial charge in [-0.3, -0.25) is 0 Å². The minimum atomic E-state index is -0.884. The molecule has 2 rings (SSSR count). The molecule has 1 fully saturated rings. The lowest BCUT2D eigenvalue weighted by Gasteiger charge is -2.24. The van der Waals surface area contributed by atoms with Crippen molar-refractivity contribution in [3.63, 3.8) is 0 Å². The summed E-state index contributed by atoms with van der Waals surface area (Å²) in [7, 11) is 0. The van der Waals surface area contributed by atoms with Crippen LogP contribution in [0.3, 0.4) is 0 Å². The van der Waals surface area contributed by atoms with E-state index in [0.717, 1.165) is 4.88 Å². The summed E-state index contributed by atoms with van der Waals surface area (Å²) >= 11 is 1.33. The summed E-state index contributed by atoms with van der Waals surface area (Å²) in [5.41, 5.74) is 0. The summed E-state index contributed by atoms with van der Waals surface area (Å²) in [6, 6.07) is 1.89. The van der Waals surface area contributed by atoms with E-state index >= 15 is 0 Å². The quantitative estimate of drug-likeness (QED) is 0.870. The lowest BCUT2D eigenvalue weighted by Crippen LogP contribution is -2.19. The Labute approximate surface area is 105 Å². The molecule has 0 aliphatic heterocycles. The summed E-state index contributed by atoms with van der Waals surface area (Å²) in [6.07, 6.45) is 3.70. The van der Waals surface area contributed by atoms with E-state index in [1.807, 2.05) is 6.07 Å². The minimum absolute atomic E-state index is 0.341. The molecule has 0 spiro atoms. The topological polar surface area (TPSA) is 46.5 Å². The van der Waals surface area contributed by atoms with Crippen molar-refractivity contribution >= 4 is 17.3 Å². The number of hydrogen-bond donors (Lipinski definition) is 1. The molecule has 17 heavy (non-hydrogen) atoms. The second kappa shape index (κ2) is 5.08. The zero-order valence-corrected chi connectivity index (χ0v) is 11.0. The molecule has 0 amide bonds. The SMILES string of the molecule is CC(C)c1cc(OCC2CCC2)c(C(=O)O)s1. The number of ether oxygens (including phenoxy) is 1. The van der Waals surface area contributed by atoms with Crippen LogP contribution in [0.4, 0.5) is 0 Å². The number of carbonyl (C=O) groups is 1. The van der Waals surface area contributed by atoms with Crippen LogP contribution in [0.15, 0.2) is 6.07 Å². The molecule has 0 bridgehead atoms. The largest absolute Gasteiger partial charge is 0.491 e. The molecule has 3 nitrogen and oxygen atoms in total. The van der Waals surface area contributed by atoms with Crippen molar-refractivity contribution in [1.82, 2.24) is 0 Å². The average molecular weight is 254 g/mol. The van der Waals surface area contributed by atoms with E-state index in [1.54, 1.807) is 0 Å². The molecule has 1 saturated carbocycles. The Kier molecular flexibility index (Phi) is 3.72. The Morgan fingerprint density at radius 3 is 2.76 bits per heavy atom. The zero-order chi connectivity index (χ0) is 12.4. The number of carboxylic acid groups (broad SMARTS) is 1. The number of thiophene rings is 1. The van der Waals surface area contributed by atoms with E-state index in [9.17, 15) is 4.79 Å². The Morgan fingerprint density at radius 1 is 1.59 bits per heavy atom. The molecule has 1 aliphatic carbocycles. The lowest BCUT2D eigenvalue weighted by molar-refractivity contribution is 0.0696. The van der Waals surface area contributed by atoms with Crippen molar-refractivity contribution in [3.05, 3.63) is 15.8 Å². The van der Waals surface area contributed by atoms with Crippen LogP contribution < -0.4 is 4.74 Å². The molecule has 0 atom stereocenters. The third-order valence-electron chi connectivity index (χ3n) is 3.18. The standard InChI is InChI=1S/C13H18O3S/c1-8(2)11-6-10(12(17-11)13(14)15)16-7-9-4-3-5-9/h6,8-9H,3-5,7H2,1-2H3,(H,14,15). The van der Waals surface area contributed by atoms with Crippen molar-refractivity contribution in [1.29, 1.82) is 0 Å². The van der Waals surface area contributed by atoms with Crippen molar-refractivity contribution < 1.29 is 14.6 Å². The van der Waals surface area contributed by atoms with E-state index in [4.69, 9.17) is 9.84 Å². The van der Waals surface area contributed by atoms with Crippen molar-refractivity contribution in [3.8, 4) is 5.75 Å². The molecule has 4 heteroatoms. The second-order valence-electron chi connectivity index (χ2n) is 4.91. The fourth-order valence-electron chi connectivity index (χ4n) is 1.80. The maximum absolute atomic E-state index is 11.1. The average Bonchev–Trinajstić information content (AvgIpc) is 2.59. The predicted molar refractivity (Wildman–Crippen MR) is 68.2 cm³/mol. The van der Waals surface area contributed by atoms with Gasteiger partial charge in [-0.1, -0.05) is 20.3 Å². The van der Waals surface area contributed by atoms with Gasteiger partial charge in [-0.25, -0.2) is 4.79 Å². The van der Waals surface area contributed by atoms with Gasteiger partial charge in [0.2, 0.25) is 0 Å². The highest BCUT2D eigenvalue weighted by atomic mass is 32.1. The zero-order valence-electron chi connectivity index (χ0n) is 10.2. The number of rotatable bonds is 5. The maximum Gasteiger partial charge on any atom is 0.349 e. The summed E-state index contributed by atoms with van der Waals surface area (Å²) in [6.45, 7) is 4.79. The van der Waals surface area contributed by atoms with Gasteiger partial charge in [-0.2, -0.15) is 0 Å². The van der Waals surface area contributed by atoms with Crippen molar-refractivity contribution in [2.75, 3.05) is 6.61 Å². The van der Waals surface area contributed by atoms with Crippen LogP contribution in [0.1, 0.15) is 53.6 Å². The highest BCUT2D eigenvalue weighted by Crippen LogP contribution is 2.35. The Hall–Kier alpha value is -1.03. The normalized spacial score (nSPS) is 15.9. The van der Waals surface area contributed by atoms with E-state index in [0.29, 0.717) is 29.1 Å². The molecular weight excluding hydrogens is 236 g/mol. The first-order valence-corrected chi connectivity index (χ1v) is 6.89. The number of carboxylic acids is 1. The number of hydrogen-bond acceptors (Lipinski definition) is 3. The molecule has 1 aromatic heterocycles. The molecule has 0 aromatic carbocycles. The smallest absolute Gasteiger partial charge is 0.349 e. The molecule has 0 radical (unpaired) electrons. The van der Waals surface area contributed by atoms with E-state index in [-0.39, 0.29) is 0 Å². The van der Waals surface area contributed by atoms with Crippen LogP contribution in [0.25, 0.3) is 0 Å². The Morgan fingerprint density at radius 2 is 2.29 bits per heavy atom. The van der Waals surface area contributed by atoms with Gasteiger partial charge in [0.15, 0.2) is 4.88 Å². The van der Waals surface area contributed by atoms with Crippen LogP contribution >= 0.6 is 11.3 Å². The highest BCUT2D eigenvalue weighted by Gasteiger charge is 2.22. The van der Waals surface area contributed by atoms with Gasteiger partial charge in [0.1, 0.15) is 5.75 Å². The first-order valence-electron chi connectivity index (χ1n) is 6.07. The van der Waals surface area contributed by atoms with Gasteiger partial charge in [0.25, 0.3) is 0 Å². The van der Waals surface area contributed by atoms with Crippen LogP contribution in [-0.2, 0) is 0 Å². The van der Waals surface area contributed by atoms with Crippen molar-refractivity contribution in [2.24, 2.45) is 5.92 Å². The van der Waals surface area contributed by atoms with E-state index in [2.05, 4.69) is 13.8 Å². The maximum atomic E-state index is 11.1. The van der Waals surface area contributed by atoms with E-state index < -0.39 is 5.97 Å². The van der Waals surface area contributed by atoms with Gasteiger partial charge in [-0.15, -0.1) is 11.3 Å². The summed E-state index contributed by atoms with van der Waals surface area (Å²) < 4.78 is 5.66. The molecular formula is C13H18O3S. The third kappa shape index (κ3) is 2.80. The van der Waals surface area contributed by atoms with Crippen LogP contribution in [0, 0.1) is 5.92 Å². The van der Waals surface area contributed by atoms with Crippen molar-refractivity contribution in [2.45, 2.75) is 39.0 Å². The molecule has 94 valence electrons. The molecule has 1 N–H and O–H groups in total. The predicted octanol–water partition coefficient (Wildman–Crippen LogP) is 3.75. The second-order valence-corrected chi connectivity index (χ2v) is 5.99. The molecule has 1 aliphatic rings. The van der Waals surface area contributed by atoms with Gasteiger partial charge in [0, 0.05) is 4.88 Å². The van der Waals surface area contributed by atoms with Gasteiger partial charge in [-0.05, 0) is 30.7 Å². The molecule has 0 saturated heterocycles. The van der Waals surface area contributed by atoms with Crippen LogP contribution in [0.5, 0.6) is 5.75 Å². The van der Waals surface area contributed by atoms with Gasteiger partial charge < -0.3 is 9.84 Å². The first-order chi connectivity index (χ1) is 8.08. The fourth-order valence-corrected chi connectivity index (χ4v) is 2.74. The molecule has 1 aromatic rings. The fraction of sp³-hybridized carbons (Fsp3) is 0.615. The first kappa shape index (κ1) is 12.4. The third-order valence-corrected chi connectivity index (χ3v) is 4.58. The highest BCUT2D eigenvalue weighted by molar-refractivity contribution is 7.14. The van der Waals surface area contributed by atoms with Gasteiger partial charge in [0.05, 0.1) is 6.61 Å². The summed E-state index contributed by atoms with van der Waals surface area (Å²) in [5.74, 6) is 0.641. The van der Waals surface area contributed by atoms with Crippen LogP contribution in [-0.4, -0.2) is 17.7 Å². The summed E-state index contributed by atoms with van der Waals surface area (Å²) in [4.78, 5) is 12.5. The Balaban J connectivity index is 2.09.